The lowest BCUT2D eigenvalue weighted by Crippen LogP contribution is -2.43. The Bertz CT molecular complexity index is 704. The summed E-state index contributed by atoms with van der Waals surface area (Å²) in [6.07, 6.45) is 6.37. The van der Waals surface area contributed by atoms with Crippen molar-refractivity contribution < 1.29 is 4.74 Å². The summed E-state index contributed by atoms with van der Waals surface area (Å²) in [6.45, 7) is 8.33. The Hall–Kier alpha value is -1.28. The summed E-state index contributed by atoms with van der Waals surface area (Å²) in [5.74, 6) is 0.902. The van der Waals surface area contributed by atoms with Crippen LogP contribution in [0.3, 0.4) is 0 Å². The minimum absolute atomic E-state index is 0. The number of benzene rings is 1. The molecule has 0 saturated heterocycles. The van der Waals surface area contributed by atoms with Gasteiger partial charge in [-0.2, -0.15) is 0 Å². The van der Waals surface area contributed by atoms with E-state index in [2.05, 4.69) is 59.8 Å². The SMILES string of the molecule is CCNC(=NCc1cc2ccccc2[nH]1)NCC1(CCOCC)CCCC1.I. The van der Waals surface area contributed by atoms with Crippen molar-refractivity contribution in [2.45, 2.75) is 52.5 Å². The van der Waals surface area contributed by atoms with Gasteiger partial charge in [-0.25, -0.2) is 4.99 Å². The van der Waals surface area contributed by atoms with Gasteiger partial charge in [0.25, 0.3) is 0 Å². The van der Waals surface area contributed by atoms with E-state index in [1.165, 1.54) is 36.6 Å². The minimum atomic E-state index is 0. The second-order valence-electron chi connectivity index (χ2n) is 7.58. The number of para-hydroxylation sites is 1. The maximum Gasteiger partial charge on any atom is 0.191 e. The zero-order chi connectivity index (χ0) is 19.0. The van der Waals surface area contributed by atoms with E-state index in [1.807, 2.05) is 0 Å². The third-order valence-electron chi connectivity index (χ3n) is 5.61. The summed E-state index contributed by atoms with van der Waals surface area (Å²) in [5.41, 5.74) is 2.66. The topological polar surface area (TPSA) is 61.4 Å². The van der Waals surface area contributed by atoms with Gasteiger partial charge < -0.3 is 20.4 Å². The molecule has 1 aliphatic rings. The molecule has 1 saturated carbocycles. The highest BCUT2D eigenvalue weighted by atomic mass is 127. The number of hydrogen-bond acceptors (Lipinski definition) is 2. The molecule has 1 fully saturated rings. The molecule has 0 atom stereocenters. The van der Waals surface area contributed by atoms with E-state index in [4.69, 9.17) is 9.73 Å². The van der Waals surface area contributed by atoms with Gasteiger partial charge in [0.15, 0.2) is 5.96 Å². The maximum atomic E-state index is 5.63. The van der Waals surface area contributed by atoms with E-state index in [0.717, 1.165) is 44.4 Å². The smallest absolute Gasteiger partial charge is 0.191 e. The predicted molar refractivity (Wildman–Crippen MR) is 129 cm³/mol. The number of guanidine groups is 1. The first-order valence-corrected chi connectivity index (χ1v) is 10.4. The average Bonchev–Trinajstić information content (AvgIpc) is 3.31. The fourth-order valence-corrected chi connectivity index (χ4v) is 4.07. The molecule has 2 aromatic rings. The number of nitrogens with one attached hydrogen (secondary N) is 3. The molecule has 0 amide bonds. The summed E-state index contributed by atoms with van der Waals surface area (Å²) in [4.78, 5) is 8.25. The summed E-state index contributed by atoms with van der Waals surface area (Å²) < 4.78 is 5.63. The van der Waals surface area contributed by atoms with Gasteiger partial charge in [0, 0.05) is 37.5 Å². The summed E-state index contributed by atoms with van der Waals surface area (Å²) in [5, 5.41) is 8.23. The monoisotopic (exact) mass is 498 g/mol. The van der Waals surface area contributed by atoms with Gasteiger partial charge in [-0.3, -0.25) is 0 Å². The Labute approximate surface area is 186 Å². The summed E-state index contributed by atoms with van der Waals surface area (Å²) in [6, 6.07) is 10.5. The highest BCUT2D eigenvalue weighted by Gasteiger charge is 2.33. The van der Waals surface area contributed by atoms with E-state index < -0.39 is 0 Å². The van der Waals surface area contributed by atoms with Gasteiger partial charge >= 0.3 is 0 Å². The second kappa shape index (κ2) is 11.7. The molecular formula is C22H35IN4O. The third kappa shape index (κ3) is 6.37. The van der Waals surface area contributed by atoms with Crippen LogP contribution in [0.4, 0.5) is 0 Å². The minimum Gasteiger partial charge on any atom is -0.382 e. The third-order valence-corrected chi connectivity index (χ3v) is 5.61. The van der Waals surface area contributed by atoms with E-state index in [0.29, 0.717) is 12.0 Å². The van der Waals surface area contributed by atoms with E-state index in [9.17, 15) is 0 Å². The molecule has 1 heterocycles. The van der Waals surface area contributed by atoms with Crippen LogP contribution in [0, 0.1) is 5.41 Å². The Kier molecular flexibility index (Phi) is 9.58. The molecule has 3 rings (SSSR count). The van der Waals surface area contributed by atoms with Crippen molar-refractivity contribution in [1.29, 1.82) is 0 Å². The number of aromatic amines is 1. The van der Waals surface area contributed by atoms with Crippen molar-refractivity contribution in [2.24, 2.45) is 10.4 Å². The highest BCUT2D eigenvalue weighted by Crippen LogP contribution is 2.40. The fourth-order valence-electron chi connectivity index (χ4n) is 4.07. The Balaban J connectivity index is 0.00000280. The lowest BCUT2D eigenvalue weighted by molar-refractivity contribution is 0.105. The molecule has 5 nitrogen and oxygen atoms in total. The normalized spacial score (nSPS) is 16.1. The maximum absolute atomic E-state index is 5.63. The predicted octanol–water partition coefficient (Wildman–Crippen LogP) is 4.83. The first kappa shape index (κ1) is 23.0. The number of H-pyrrole nitrogens is 1. The van der Waals surface area contributed by atoms with Crippen molar-refractivity contribution in [3.63, 3.8) is 0 Å². The van der Waals surface area contributed by atoms with Crippen molar-refractivity contribution in [3.05, 3.63) is 36.0 Å². The van der Waals surface area contributed by atoms with Gasteiger partial charge in [-0.05, 0) is 56.0 Å². The quantitative estimate of drug-likeness (QED) is 0.201. The largest absolute Gasteiger partial charge is 0.382 e. The lowest BCUT2D eigenvalue weighted by Gasteiger charge is -2.30. The van der Waals surface area contributed by atoms with Crippen LogP contribution in [0.15, 0.2) is 35.3 Å². The molecule has 0 bridgehead atoms. The molecular weight excluding hydrogens is 463 g/mol. The van der Waals surface area contributed by atoms with Gasteiger partial charge in [0.05, 0.1) is 6.54 Å². The molecule has 0 radical (unpaired) electrons. The molecule has 0 spiro atoms. The Morgan fingerprint density at radius 1 is 1.18 bits per heavy atom. The van der Waals surface area contributed by atoms with Crippen molar-refractivity contribution in [1.82, 2.24) is 15.6 Å². The molecule has 28 heavy (non-hydrogen) atoms. The van der Waals surface area contributed by atoms with E-state index >= 15 is 0 Å². The highest BCUT2D eigenvalue weighted by molar-refractivity contribution is 14.0. The van der Waals surface area contributed by atoms with Crippen LogP contribution in [-0.2, 0) is 11.3 Å². The van der Waals surface area contributed by atoms with Crippen LogP contribution in [0.2, 0.25) is 0 Å². The van der Waals surface area contributed by atoms with Gasteiger partial charge in [-0.15, -0.1) is 24.0 Å². The molecule has 1 aromatic heterocycles. The molecule has 6 heteroatoms. The first-order chi connectivity index (χ1) is 13.2. The molecule has 1 aromatic carbocycles. The van der Waals surface area contributed by atoms with Crippen molar-refractivity contribution in [3.8, 4) is 0 Å². The Morgan fingerprint density at radius 2 is 1.96 bits per heavy atom. The number of ether oxygens (including phenoxy) is 1. The zero-order valence-corrected chi connectivity index (χ0v) is 19.6. The van der Waals surface area contributed by atoms with Crippen molar-refractivity contribution in [2.75, 3.05) is 26.3 Å². The summed E-state index contributed by atoms with van der Waals surface area (Å²) in [7, 11) is 0. The first-order valence-electron chi connectivity index (χ1n) is 10.4. The number of fused-ring (bicyclic) bond motifs is 1. The number of halogens is 1. The lowest BCUT2D eigenvalue weighted by atomic mass is 9.83. The van der Waals surface area contributed by atoms with Crippen LogP contribution >= 0.6 is 24.0 Å². The molecule has 0 aliphatic heterocycles. The fraction of sp³-hybridized carbons (Fsp3) is 0.591. The van der Waals surface area contributed by atoms with Crippen LogP contribution in [0.25, 0.3) is 10.9 Å². The molecule has 156 valence electrons. The van der Waals surface area contributed by atoms with Crippen LogP contribution < -0.4 is 10.6 Å². The number of aliphatic imine (C=N–C) groups is 1. The van der Waals surface area contributed by atoms with E-state index in [-0.39, 0.29) is 24.0 Å². The second-order valence-corrected chi connectivity index (χ2v) is 7.58. The number of aromatic nitrogens is 1. The Morgan fingerprint density at radius 3 is 2.68 bits per heavy atom. The molecule has 0 unspecified atom stereocenters. The zero-order valence-electron chi connectivity index (χ0n) is 17.2. The van der Waals surface area contributed by atoms with Gasteiger partial charge in [0.2, 0.25) is 0 Å². The number of rotatable bonds is 9. The standard InChI is InChI=1S/C22H34N4O.HI/c1-3-23-21(24-16-19-15-18-9-5-6-10-20(18)26-19)25-17-22(11-7-8-12-22)13-14-27-4-2;/h5-6,9-10,15,26H,3-4,7-8,11-14,16-17H2,1-2H3,(H2,23,24,25);1H. The van der Waals surface area contributed by atoms with Crippen LogP contribution in [0.5, 0.6) is 0 Å². The summed E-state index contributed by atoms with van der Waals surface area (Å²) >= 11 is 0. The average molecular weight is 498 g/mol. The number of hydrogen-bond donors (Lipinski definition) is 3. The molecule has 3 N–H and O–H groups in total. The van der Waals surface area contributed by atoms with Gasteiger partial charge in [-0.1, -0.05) is 31.0 Å². The van der Waals surface area contributed by atoms with E-state index in [1.54, 1.807) is 0 Å². The van der Waals surface area contributed by atoms with Crippen LogP contribution in [-0.4, -0.2) is 37.2 Å². The van der Waals surface area contributed by atoms with Crippen molar-refractivity contribution >= 4 is 40.8 Å². The van der Waals surface area contributed by atoms with Crippen LogP contribution in [0.1, 0.15) is 51.6 Å². The molecule has 1 aliphatic carbocycles. The number of nitrogens with zero attached hydrogens (tertiary/aromatic N) is 1. The van der Waals surface area contributed by atoms with Gasteiger partial charge in [0.1, 0.15) is 0 Å².